The molecule has 1 aromatic carbocycles. The number of piperidine rings is 1. The first-order valence-electron chi connectivity index (χ1n) is 7.82. The highest BCUT2D eigenvalue weighted by Crippen LogP contribution is 2.28. The maximum absolute atomic E-state index is 12.6. The minimum absolute atomic E-state index is 0.0826. The van der Waals surface area contributed by atoms with Crippen LogP contribution in [0.2, 0.25) is 0 Å². The van der Waals surface area contributed by atoms with Gasteiger partial charge in [0.25, 0.3) is 5.91 Å². The summed E-state index contributed by atoms with van der Waals surface area (Å²) in [7, 11) is -3.49. The SMILES string of the molecule is CCNS(=O)(=O)c1ccc(C(=O)N2CCC(N)C(C)(C)C2)cc1. The molecular weight excluding hydrogens is 314 g/mol. The zero-order chi connectivity index (χ0) is 17.3. The average Bonchev–Trinajstić information content (AvgIpc) is 2.49. The van der Waals surface area contributed by atoms with Crippen molar-refractivity contribution in [1.29, 1.82) is 0 Å². The van der Waals surface area contributed by atoms with E-state index in [9.17, 15) is 13.2 Å². The minimum atomic E-state index is -3.49. The number of nitrogens with one attached hydrogen (secondary N) is 1. The molecule has 0 aromatic heterocycles. The van der Waals surface area contributed by atoms with Crippen LogP contribution >= 0.6 is 0 Å². The Bertz CT molecular complexity index is 668. The average molecular weight is 339 g/mol. The van der Waals surface area contributed by atoms with Crippen LogP contribution in [0.5, 0.6) is 0 Å². The number of carbonyl (C=O) groups is 1. The molecule has 0 spiro atoms. The number of likely N-dealkylation sites (tertiary alicyclic amines) is 1. The highest BCUT2D eigenvalue weighted by Gasteiger charge is 2.35. The maximum Gasteiger partial charge on any atom is 0.253 e. The summed E-state index contributed by atoms with van der Waals surface area (Å²) in [6.45, 7) is 7.39. The Hall–Kier alpha value is -1.44. The Morgan fingerprint density at radius 1 is 1.35 bits per heavy atom. The number of rotatable bonds is 4. The van der Waals surface area contributed by atoms with Crippen molar-refractivity contribution in [3.63, 3.8) is 0 Å². The summed E-state index contributed by atoms with van der Waals surface area (Å²) in [5.41, 5.74) is 6.47. The third-order valence-corrected chi connectivity index (χ3v) is 5.91. The standard InChI is InChI=1S/C16H25N3O3S/c1-4-18-23(21,22)13-7-5-12(6-8-13)15(20)19-10-9-14(17)16(2,3)11-19/h5-8,14,18H,4,9-11,17H2,1-3H3. The van der Waals surface area contributed by atoms with Crippen molar-refractivity contribution < 1.29 is 13.2 Å². The van der Waals surface area contributed by atoms with Crippen LogP contribution in [0, 0.1) is 5.41 Å². The van der Waals surface area contributed by atoms with Crippen molar-refractivity contribution in [3.05, 3.63) is 29.8 Å². The van der Waals surface area contributed by atoms with Crippen molar-refractivity contribution in [2.24, 2.45) is 11.1 Å². The summed E-state index contributed by atoms with van der Waals surface area (Å²) >= 11 is 0. The zero-order valence-electron chi connectivity index (χ0n) is 13.9. The van der Waals surface area contributed by atoms with Gasteiger partial charge < -0.3 is 10.6 Å². The number of hydrogen-bond donors (Lipinski definition) is 2. The fourth-order valence-electron chi connectivity index (χ4n) is 2.78. The predicted octanol–water partition coefficient (Wildman–Crippen LogP) is 1.18. The van der Waals surface area contributed by atoms with E-state index in [1.54, 1.807) is 24.0 Å². The third kappa shape index (κ3) is 3.91. The first kappa shape index (κ1) is 17.9. The van der Waals surface area contributed by atoms with E-state index < -0.39 is 10.0 Å². The molecule has 1 atom stereocenters. The molecule has 1 aliphatic heterocycles. The van der Waals surface area contributed by atoms with Gasteiger partial charge in [-0.3, -0.25) is 4.79 Å². The fourth-order valence-corrected chi connectivity index (χ4v) is 3.82. The van der Waals surface area contributed by atoms with Gasteiger partial charge in [0, 0.05) is 31.2 Å². The number of nitrogens with zero attached hydrogens (tertiary/aromatic N) is 1. The number of nitrogens with two attached hydrogens (primary N) is 1. The van der Waals surface area contributed by atoms with E-state index in [2.05, 4.69) is 18.6 Å². The van der Waals surface area contributed by atoms with Gasteiger partial charge in [-0.1, -0.05) is 20.8 Å². The molecule has 128 valence electrons. The van der Waals surface area contributed by atoms with E-state index in [0.717, 1.165) is 6.42 Å². The quantitative estimate of drug-likeness (QED) is 0.862. The van der Waals surface area contributed by atoms with E-state index >= 15 is 0 Å². The zero-order valence-corrected chi connectivity index (χ0v) is 14.7. The second-order valence-corrected chi connectivity index (χ2v) is 8.40. The topological polar surface area (TPSA) is 92.5 Å². The lowest BCUT2D eigenvalue weighted by molar-refractivity contribution is 0.0533. The molecule has 1 saturated heterocycles. The van der Waals surface area contributed by atoms with E-state index in [4.69, 9.17) is 5.73 Å². The van der Waals surface area contributed by atoms with Gasteiger partial charge in [-0.25, -0.2) is 13.1 Å². The summed E-state index contributed by atoms with van der Waals surface area (Å²) in [5, 5.41) is 0. The molecule has 1 heterocycles. The highest BCUT2D eigenvalue weighted by atomic mass is 32.2. The molecule has 1 amide bonds. The van der Waals surface area contributed by atoms with Gasteiger partial charge in [0.1, 0.15) is 0 Å². The maximum atomic E-state index is 12.6. The largest absolute Gasteiger partial charge is 0.338 e. The summed E-state index contributed by atoms with van der Waals surface area (Å²) < 4.78 is 26.3. The Kier molecular flexibility index (Phi) is 5.13. The van der Waals surface area contributed by atoms with Crippen LogP contribution in [-0.2, 0) is 10.0 Å². The van der Waals surface area contributed by atoms with E-state index in [0.29, 0.717) is 25.2 Å². The molecule has 7 heteroatoms. The fraction of sp³-hybridized carbons (Fsp3) is 0.562. The Balaban J connectivity index is 2.15. The molecule has 23 heavy (non-hydrogen) atoms. The summed E-state index contributed by atoms with van der Waals surface area (Å²) in [6, 6.07) is 6.14. The van der Waals surface area contributed by atoms with Crippen LogP contribution < -0.4 is 10.5 Å². The van der Waals surface area contributed by atoms with Gasteiger partial charge in [0.05, 0.1) is 4.90 Å². The van der Waals surface area contributed by atoms with Gasteiger partial charge in [0.15, 0.2) is 0 Å². The Morgan fingerprint density at radius 3 is 2.48 bits per heavy atom. The lowest BCUT2D eigenvalue weighted by Crippen LogP contribution is -2.54. The molecule has 0 bridgehead atoms. The van der Waals surface area contributed by atoms with Crippen molar-refractivity contribution in [3.8, 4) is 0 Å². The number of hydrogen-bond acceptors (Lipinski definition) is 4. The molecule has 0 aliphatic carbocycles. The second kappa shape index (κ2) is 6.59. The van der Waals surface area contributed by atoms with Crippen molar-refractivity contribution >= 4 is 15.9 Å². The molecule has 1 aromatic rings. The Labute approximate surface area is 138 Å². The summed E-state index contributed by atoms with van der Waals surface area (Å²) in [6.07, 6.45) is 0.769. The molecule has 2 rings (SSSR count). The molecular formula is C16H25N3O3S. The number of benzene rings is 1. The smallest absolute Gasteiger partial charge is 0.253 e. The first-order chi connectivity index (χ1) is 10.7. The summed E-state index contributed by atoms with van der Waals surface area (Å²) in [4.78, 5) is 14.6. The highest BCUT2D eigenvalue weighted by molar-refractivity contribution is 7.89. The van der Waals surface area contributed by atoms with Gasteiger partial charge in [-0.2, -0.15) is 0 Å². The van der Waals surface area contributed by atoms with Gasteiger partial charge in [-0.05, 0) is 36.1 Å². The first-order valence-corrected chi connectivity index (χ1v) is 9.30. The normalized spacial score (nSPS) is 21.2. The Morgan fingerprint density at radius 2 is 1.96 bits per heavy atom. The number of carbonyl (C=O) groups excluding carboxylic acids is 1. The molecule has 6 nitrogen and oxygen atoms in total. The lowest BCUT2D eigenvalue weighted by atomic mass is 9.79. The molecule has 1 unspecified atom stereocenters. The molecule has 1 fully saturated rings. The van der Waals surface area contributed by atoms with Crippen LogP contribution in [0.15, 0.2) is 29.2 Å². The lowest BCUT2D eigenvalue weighted by Gasteiger charge is -2.42. The minimum Gasteiger partial charge on any atom is -0.338 e. The van der Waals surface area contributed by atoms with Crippen LogP contribution in [0.4, 0.5) is 0 Å². The van der Waals surface area contributed by atoms with E-state index in [1.165, 1.54) is 12.1 Å². The van der Waals surface area contributed by atoms with Crippen LogP contribution in [0.3, 0.4) is 0 Å². The van der Waals surface area contributed by atoms with E-state index in [-0.39, 0.29) is 22.3 Å². The molecule has 0 radical (unpaired) electrons. The monoisotopic (exact) mass is 339 g/mol. The third-order valence-electron chi connectivity index (χ3n) is 4.35. The van der Waals surface area contributed by atoms with Gasteiger partial charge >= 0.3 is 0 Å². The molecule has 3 N–H and O–H groups in total. The molecule has 1 aliphatic rings. The summed E-state index contributed by atoms with van der Waals surface area (Å²) in [5.74, 6) is -0.0858. The van der Waals surface area contributed by atoms with Crippen LogP contribution in [-0.4, -0.2) is 44.9 Å². The van der Waals surface area contributed by atoms with Gasteiger partial charge in [0.2, 0.25) is 10.0 Å². The van der Waals surface area contributed by atoms with E-state index in [1.807, 2.05) is 0 Å². The molecule has 0 saturated carbocycles. The van der Waals surface area contributed by atoms with Crippen molar-refractivity contribution in [2.75, 3.05) is 19.6 Å². The van der Waals surface area contributed by atoms with Crippen LogP contribution in [0.1, 0.15) is 37.6 Å². The predicted molar refractivity (Wildman–Crippen MR) is 89.6 cm³/mol. The van der Waals surface area contributed by atoms with Crippen LogP contribution in [0.25, 0.3) is 0 Å². The van der Waals surface area contributed by atoms with Gasteiger partial charge in [-0.15, -0.1) is 0 Å². The second-order valence-electron chi connectivity index (χ2n) is 6.64. The van der Waals surface area contributed by atoms with Crippen molar-refractivity contribution in [1.82, 2.24) is 9.62 Å². The van der Waals surface area contributed by atoms with Crippen molar-refractivity contribution in [2.45, 2.75) is 38.1 Å². The number of sulfonamides is 1. The number of amides is 1.